The molecular weight excluding hydrogens is 302 g/mol. The molecule has 0 bridgehead atoms. The number of hydrogen-bond donors (Lipinski definition) is 1. The molecule has 2 aromatic carbocycles. The van der Waals surface area contributed by atoms with Crippen LogP contribution in [0, 0.1) is 5.92 Å². The Morgan fingerprint density at radius 1 is 1.12 bits per heavy atom. The highest BCUT2D eigenvalue weighted by Crippen LogP contribution is 2.19. The van der Waals surface area contributed by atoms with E-state index in [4.69, 9.17) is 4.74 Å². The van der Waals surface area contributed by atoms with Gasteiger partial charge >= 0.3 is 0 Å². The van der Waals surface area contributed by atoms with E-state index in [1.807, 2.05) is 59.5 Å². The third kappa shape index (κ3) is 4.15. The minimum Gasteiger partial charge on any atom is -0.489 e. The van der Waals surface area contributed by atoms with Crippen molar-refractivity contribution in [2.24, 2.45) is 5.92 Å². The van der Waals surface area contributed by atoms with Gasteiger partial charge in [0.2, 0.25) is 0 Å². The van der Waals surface area contributed by atoms with Crippen LogP contribution < -0.4 is 4.74 Å². The van der Waals surface area contributed by atoms with Crippen molar-refractivity contribution in [2.75, 3.05) is 19.7 Å². The van der Waals surface area contributed by atoms with E-state index in [1.54, 1.807) is 0 Å². The summed E-state index contributed by atoms with van der Waals surface area (Å²) < 4.78 is 5.71. The van der Waals surface area contributed by atoms with Gasteiger partial charge in [0.05, 0.1) is 0 Å². The summed E-state index contributed by atoms with van der Waals surface area (Å²) in [6.45, 7) is 2.05. The zero-order valence-electron chi connectivity index (χ0n) is 13.7. The molecule has 1 heterocycles. The molecule has 1 fully saturated rings. The van der Waals surface area contributed by atoms with E-state index in [-0.39, 0.29) is 18.4 Å². The highest BCUT2D eigenvalue weighted by molar-refractivity contribution is 5.94. The van der Waals surface area contributed by atoms with Gasteiger partial charge in [0.15, 0.2) is 0 Å². The molecule has 0 aliphatic carbocycles. The first-order valence-corrected chi connectivity index (χ1v) is 8.43. The van der Waals surface area contributed by atoms with Crippen molar-refractivity contribution < 1.29 is 14.6 Å². The van der Waals surface area contributed by atoms with Crippen LogP contribution in [0.5, 0.6) is 5.75 Å². The maximum Gasteiger partial charge on any atom is 0.253 e. The number of likely N-dealkylation sites (tertiary alicyclic amines) is 1. The van der Waals surface area contributed by atoms with Gasteiger partial charge in [-0.15, -0.1) is 0 Å². The predicted octanol–water partition coefficient (Wildman–Crippen LogP) is 3.11. The molecule has 24 heavy (non-hydrogen) atoms. The Kier molecular flexibility index (Phi) is 5.49. The summed E-state index contributed by atoms with van der Waals surface area (Å²) in [4.78, 5) is 14.4. The van der Waals surface area contributed by atoms with Gasteiger partial charge in [-0.05, 0) is 48.6 Å². The molecule has 3 rings (SSSR count). The van der Waals surface area contributed by atoms with Crippen LogP contribution in [-0.2, 0) is 6.61 Å². The molecule has 1 atom stereocenters. The lowest BCUT2D eigenvalue weighted by molar-refractivity contribution is 0.0620. The van der Waals surface area contributed by atoms with Crippen molar-refractivity contribution in [2.45, 2.75) is 19.4 Å². The molecule has 1 amide bonds. The molecule has 1 aliphatic rings. The fourth-order valence-corrected chi connectivity index (χ4v) is 3.01. The number of aliphatic hydroxyl groups excluding tert-OH is 1. The number of carbonyl (C=O) groups excluding carboxylic acids is 1. The fraction of sp³-hybridized carbons (Fsp3) is 0.350. The number of piperidine rings is 1. The van der Waals surface area contributed by atoms with E-state index in [1.165, 1.54) is 0 Å². The summed E-state index contributed by atoms with van der Waals surface area (Å²) in [6, 6.07) is 17.3. The molecule has 4 nitrogen and oxygen atoms in total. The summed E-state index contributed by atoms with van der Waals surface area (Å²) in [5.41, 5.74) is 1.72. The van der Waals surface area contributed by atoms with Gasteiger partial charge in [0.25, 0.3) is 5.91 Å². The summed E-state index contributed by atoms with van der Waals surface area (Å²) in [5.74, 6) is 1.09. The average molecular weight is 325 g/mol. The van der Waals surface area contributed by atoms with Crippen LogP contribution in [0.3, 0.4) is 0 Å². The normalized spacial score (nSPS) is 17.5. The van der Waals surface area contributed by atoms with Crippen molar-refractivity contribution in [3.8, 4) is 5.75 Å². The summed E-state index contributed by atoms with van der Waals surface area (Å²) >= 11 is 0. The molecule has 1 aliphatic heterocycles. The number of para-hydroxylation sites is 1. The minimum atomic E-state index is 0.0451. The first kappa shape index (κ1) is 16.5. The van der Waals surface area contributed by atoms with E-state index in [0.29, 0.717) is 18.7 Å². The van der Waals surface area contributed by atoms with Crippen LogP contribution in [-0.4, -0.2) is 35.6 Å². The summed E-state index contributed by atoms with van der Waals surface area (Å²) in [6.07, 6.45) is 1.95. The SMILES string of the molecule is O=C(c1ccc(COc2ccccc2)cc1)N1CCCC(CO)C1. The van der Waals surface area contributed by atoms with E-state index in [9.17, 15) is 9.90 Å². The number of hydrogen-bond acceptors (Lipinski definition) is 3. The third-order valence-electron chi connectivity index (χ3n) is 4.41. The standard InChI is InChI=1S/C20H23NO3/c22-14-17-5-4-12-21(13-17)20(23)18-10-8-16(9-11-18)15-24-19-6-2-1-3-7-19/h1-3,6-11,17,22H,4-5,12-15H2. The van der Waals surface area contributed by atoms with Crippen molar-refractivity contribution in [1.29, 1.82) is 0 Å². The van der Waals surface area contributed by atoms with Gasteiger partial charge in [0.1, 0.15) is 12.4 Å². The maximum absolute atomic E-state index is 12.6. The van der Waals surface area contributed by atoms with Crippen molar-refractivity contribution in [3.05, 3.63) is 65.7 Å². The van der Waals surface area contributed by atoms with E-state index in [2.05, 4.69) is 0 Å². The van der Waals surface area contributed by atoms with Gasteiger partial charge in [-0.2, -0.15) is 0 Å². The van der Waals surface area contributed by atoms with E-state index in [0.717, 1.165) is 30.7 Å². The second kappa shape index (κ2) is 7.97. The van der Waals surface area contributed by atoms with Crippen molar-refractivity contribution in [1.82, 2.24) is 4.90 Å². The highest BCUT2D eigenvalue weighted by atomic mass is 16.5. The van der Waals surface area contributed by atoms with Crippen LogP contribution in [0.2, 0.25) is 0 Å². The van der Waals surface area contributed by atoms with Crippen LogP contribution in [0.25, 0.3) is 0 Å². The molecule has 126 valence electrons. The largest absolute Gasteiger partial charge is 0.489 e. The molecule has 2 aromatic rings. The van der Waals surface area contributed by atoms with Gasteiger partial charge in [-0.1, -0.05) is 30.3 Å². The zero-order chi connectivity index (χ0) is 16.8. The van der Waals surface area contributed by atoms with Crippen molar-refractivity contribution in [3.63, 3.8) is 0 Å². The summed E-state index contributed by atoms with van der Waals surface area (Å²) in [7, 11) is 0. The molecule has 1 saturated heterocycles. The number of aliphatic hydroxyl groups is 1. The molecule has 0 spiro atoms. The third-order valence-corrected chi connectivity index (χ3v) is 4.41. The Hall–Kier alpha value is -2.33. The number of rotatable bonds is 5. The van der Waals surface area contributed by atoms with Crippen LogP contribution in [0.15, 0.2) is 54.6 Å². The molecule has 1 N–H and O–H groups in total. The van der Waals surface area contributed by atoms with E-state index < -0.39 is 0 Å². The smallest absolute Gasteiger partial charge is 0.253 e. The predicted molar refractivity (Wildman–Crippen MR) is 92.9 cm³/mol. The molecule has 4 heteroatoms. The Bertz CT molecular complexity index is 654. The number of benzene rings is 2. The molecule has 0 radical (unpaired) electrons. The second-order valence-electron chi connectivity index (χ2n) is 6.24. The zero-order valence-corrected chi connectivity index (χ0v) is 13.7. The lowest BCUT2D eigenvalue weighted by Crippen LogP contribution is -2.40. The number of ether oxygens (including phenoxy) is 1. The fourth-order valence-electron chi connectivity index (χ4n) is 3.01. The minimum absolute atomic E-state index is 0.0451. The number of carbonyl (C=O) groups is 1. The topological polar surface area (TPSA) is 49.8 Å². The molecular formula is C20H23NO3. The Balaban J connectivity index is 1.58. The van der Waals surface area contributed by atoms with Gasteiger partial charge in [0, 0.05) is 25.3 Å². The Morgan fingerprint density at radius 2 is 1.88 bits per heavy atom. The molecule has 1 unspecified atom stereocenters. The average Bonchev–Trinajstić information content (AvgIpc) is 2.67. The Labute approximate surface area is 142 Å². The molecule has 0 aromatic heterocycles. The quantitative estimate of drug-likeness (QED) is 0.919. The first-order valence-electron chi connectivity index (χ1n) is 8.43. The van der Waals surface area contributed by atoms with Gasteiger partial charge < -0.3 is 14.7 Å². The van der Waals surface area contributed by atoms with Crippen LogP contribution in [0.1, 0.15) is 28.8 Å². The number of amides is 1. The second-order valence-corrected chi connectivity index (χ2v) is 6.24. The number of nitrogens with zero attached hydrogens (tertiary/aromatic N) is 1. The van der Waals surface area contributed by atoms with Crippen LogP contribution >= 0.6 is 0 Å². The monoisotopic (exact) mass is 325 g/mol. The highest BCUT2D eigenvalue weighted by Gasteiger charge is 2.23. The lowest BCUT2D eigenvalue weighted by Gasteiger charge is -2.31. The Morgan fingerprint density at radius 3 is 2.58 bits per heavy atom. The molecule has 0 saturated carbocycles. The van der Waals surface area contributed by atoms with Crippen LogP contribution in [0.4, 0.5) is 0 Å². The summed E-state index contributed by atoms with van der Waals surface area (Å²) in [5, 5.41) is 9.30. The maximum atomic E-state index is 12.6. The van der Waals surface area contributed by atoms with Gasteiger partial charge in [-0.25, -0.2) is 0 Å². The lowest BCUT2D eigenvalue weighted by atomic mass is 9.98. The van der Waals surface area contributed by atoms with Gasteiger partial charge in [-0.3, -0.25) is 4.79 Å². The van der Waals surface area contributed by atoms with E-state index >= 15 is 0 Å². The van der Waals surface area contributed by atoms with Crippen molar-refractivity contribution >= 4 is 5.91 Å². The first-order chi connectivity index (χ1) is 11.8.